The standard InChI is InChI=1S/C18H28N2O3S/c1-2-3-7-24(23)13-16(21)12-19-9-14-8-15(11-19)17-5-4-6-18(22)20(17)10-14/h4-6,14-16,21H,2-3,7-13H2,1H3/t14?,15-,16?,24?/m0/s1. The molecular weight excluding hydrogens is 324 g/mol. The smallest absolute Gasteiger partial charge is 0.250 e. The molecule has 5 nitrogen and oxygen atoms in total. The van der Waals surface area contributed by atoms with Gasteiger partial charge in [-0.3, -0.25) is 13.9 Å². The van der Waals surface area contributed by atoms with E-state index >= 15 is 0 Å². The van der Waals surface area contributed by atoms with Crippen LogP contribution in [0.3, 0.4) is 0 Å². The average molecular weight is 353 g/mol. The molecule has 4 atom stereocenters. The van der Waals surface area contributed by atoms with E-state index in [-0.39, 0.29) is 5.56 Å². The van der Waals surface area contributed by atoms with Gasteiger partial charge >= 0.3 is 0 Å². The van der Waals surface area contributed by atoms with Crippen LogP contribution in [-0.4, -0.2) is 56.0 Å². The lowest BCUT2D eigenvalue weighted by Gasteiger charge is -2.43. The van der Waals surface area contributed by atoms with Crippen molar-refractivity contribution in [1.29, 1.82) is 0 Å². The largest absolute Gasteiger partial charge is 0.391 e. The van der Waals surface area contributed by atoms with Gasteiger partial charge in [-0.15, -0.1) is 0 Å². The number of aliphatic hydroxyl groups is 1. The van der Waals surface area contributed by atoms with Crippen molar-refractivity contribution in [2.75, 3.05) is 31.1 Å². The number of piperidine rings is 1. The van der Waals surface area contributed by atoms with Gasteiger partial charge in [-0.1, -0.05) is 19.4 Å². The summed E-state index contributed by atoms with van der Waals surface area (Å²) in [6, 6.07) is 5.54. The van der Waals surface area contributed by atoms with E-state index < -0.39 is 16.9 Å². The first-order valence-electron chi connectivity index (χ1n) is 9.02. The highest BCUT2D eigenvalue weighted by molar-refractivity contribution is 7.85. The molecule has 0 radical (unpaired) electrons. The zero-order valence-corrected chi connectivity index (χ0v) is 15.2. The molecule has 134 valence electrons. The molecule has 24 heavy (non-hydrogen) atoms. The van der Waals surface area contributed by atoms with E-state index in [1.165, 1.54) is 0 Å². The number of aliphatic hydroxyl groups excluding tert-OH is 1. The highest BCUT2D eigenvalue weighted by Crippen LogP contribution is 2.34. The summed E-state index contributed by atoms with van der Waals surface area (Å²) >= 11 is 0. The van der Waals surface area contributed by atoms with Crippen LogP contribution in [0.15, 0.2) is 23.0 Å². The summed E-state index contributed by atoms with van der Waals surface area (Å²) in [7, 11) is -0.921. The van der Waals surface area contributed by atoms with Crippen molar-refractivity contribution in [1.82, 2.24) is 9.47 Å². The molecular formula is C18H28N2O3S. The zero-order chi connectivity index (χ0) is 17.1. The predicted octanol–water partition coefficient (Wildman–Crippen LogP) is 1.18. The van der Waals surface area contributed by atoms with Crippen molar-refractivity contribution < 1.29 is 9.32 Å². The molecule has 1 aromatic rings. The van der Waals surface area contributed by atoms with Gasteiger partial charge in [0.25, 0.3) is 5.56 Å². The van der Waals surface area contributed by atoms with Crippen LogP contribution in [0.2, 0.25) is 0 Å². The van der Waals surface area contributed by atoms with Gasteiger partial charge in [0.1, 0.15) is 0 Å². The fourth-order valence-electron chi connectivity index (χ4n) is 4.10. The minimum Gasteiger partial charge on any atom is -0.391 e. The van der Waals surface area contributed by atoms with E-state index in [2.05, 4.69) is 17.9 Å². The van der Waals surface area contributed by atoms with Crippen LogP contribution < -0.4 is 5.56 Å². The molecule has 3 unspecified atom stereocenters. The van der Waals surface area contributed by atoms with Crippen molar-refractivity contribution in [2.45, 2.75) is 44.8 Å². The maximum Gasteiger partial charge on any atom is 0.250 e. The average Bonchev–Trinajstić information content (AvgIpc) is 2.54. The Hall–Kier alpha value is -0.980. The Balaban J connectivity index is 1.59. The van der Waals surface area contributed by atoms with Crippen molar-refractivity contribution >= 4 is 10.8 Å². The number of hydrogen-bond donors (Lipinski definition) is 1. The van der Waals surface area contributed by atoms with Gasteiger partial charge in [-0.05, 0) is 24.8 Å². The molecule has 0 amide bonds. The summed E-state index contributed by atoms with van der Waals surface area (Å²) in [6.07, 6.45) is 2.59. The first-order valence-corrected chi connectivity index (χ1v) is 10.5. The van der Waals surface area contributed by atoms with Crippen molar-refractivity contribution in [3.05, 3.63) is 34.2 Å². The molecule has 6 heteroatoms. The fourth-order valence-corrected chi connectivity index (χ4v) is 5.41. The maximum absolute atomic E-state index is 12.0. The number of β-amino-alcohol motifs (C(OH)–C–C–N with tert-alkyl or cyclic N) is 1. The Morgan fingerprint density at radius 2 is 2.17 bits per heavy atom. The molecule has 2 bridgehead atoms. The number of nitrogens with zero attached hydrogens (tertiary/aromatic N) is 2. The fraction of sp³-hybridized carbons (Fsp3) is 0.722. The molecule has 3 heterocycles. The maximum atomic E-state index is 12.0. The van der Waals surface area contributed by atoms with Gasteiger partial charge in [-0.2, -0.15) is 0 Å². The van der Waals surface area contributed by atoms with Gasteiger partial charge in [0.15, 0.2) is 0 Å². The number of pyridine rings is 1. The lowest BCUT2D eigenvalue weighted by Crippen LogP contribution is -2.49. The highest BCUT2D eigenvalue weighted by atomic mass is 32.2. The molecule has 3 rings (SSSR count). The first kappa shape index (κ1) is 17.8. The third-order valence-corrected chi connectivity index (χ3v) is 6.63. The highest BCUT2D eigenvalue weighted by Gasteiger charge is 2.34. The molecule has 0 aromatic carbocycles. The van der Waals surface area contributed by atoms with E-state index in [4.69, 9.17) is 0 Å². The van der Waals surface area contributed by atoms with Gasteiger partial charge in [0.2, 0.25) is 0 Å². The number of unbranched alkanes of at least 4 members (excludes halogenated alkanes) is 1. The SMILES string of the molecule is CCCCS(=O)CC(O)CN1CC2C[C@@H](C1)c1cccc(=O)n1C2. The number of hydrogen-bond acceptors (Lipinski definition) is 4. The van der Waals surface area contributed by atoms with Crippen molar-refractivity contribution in [3.63, 3.8) is 0 Å². The van der Waals surface area contributed by atoms with Crippen LogP contribution >= 0.6 is 0 Å². The van der Waals surface area contributed by atoms with E-state index in [1.54, 1.807) is 6.07 Å². The topological polar surface area (TPSA) is 62.5 Å². The molecule has 1 saturated heterocycles. The molecule has 2 aliphatic rings. The summed E-state index contributed by atoms with van der Waals surface area (Å²) in [6.45, 7) is 5.24. The number of likely N-dealkylation sites (tertiary alicyclic amines) is 1. The second kappa shape index (κ2) is 7.93. The van der Waals surface area contributed by atoms with Gasteiger partial charge in [0.05, 0.1) is 11.9 Å². The van der Waals surface area contributed by atoms with Crippen molar-refractivity contribution in [3.8, 4) is 0 Å². The summed E-state index contributed by atoms with van der Waals surface area (Å²) in [5.41, 5.74) is 1.23. The Labute approximate surface area is 146 Å². The minimum absolute atomic E-state index is 0.0991. The lowest BCUT2D eigenvalue weighted by molar-refractivity contribution is 0.0714. The van der Waals surface area contributed by atoms with Crippen LogP contribution in [0.1, 0.15) is 37.8 Å². The summed E-state index contributed by atoms with van der Waals surface area (Å²) in [4.78, 5) is 14.3. The molecule has 1 fully saturated rings. The normalized spacial score (nSPS) is 25.9. The Kier molecular flexibility index (Phi) is 5.89. The lowest BCUT2D eigenvalue weighted by atomic mass is 9.83. The van der Waals surface area contributed by atoms with E-state index in [0.29, 0.717) is 29.9 Å². The van der Waals surface area contributed by atoms with Crippen LogP contribution in [-0.2, 0) is 17.3 Å². The van der Waals surface area contributed by atoms with Crippen LogP contribution in [0.5, 0.6) is 0 Å². The monoisotopic (exact) mass is 352 g/mol. The van der Waals surface area contributed by atoms with E-state index in [9.17, 15) is 14.1 Å². The molecule has 0 spiro atoms. The van der Waals surface area contributed by atoms with E-state index in [0.717, 1.165) is 44.6 Å². The predicted molar refractivity (Wildman–Crippen MR) is 96.8 cm³/mol. The van der Waals surface area contributed by atoms with E-state index in [1.807, 2.05) is 10.6 Å². The Morgan fingerprint density at radius 3 is 2.96 bits per heavy atom. The van der Waals surface area contributed by atoms with Gasteiger partial charge in [-0.25, -0.2) is 0 Å². The molecule has 0 saturated carbocycles. The molecule has 1 N–H and O–H groups in total. The number of rotatable bonds is 7. The molecule has 2 aliphatic heterocycles. The number of fused-ring (bicyclic) bond motifs is 4. The number of aromatic nitrogens is 1. The zero-order valence-electron chi connectivity index (χ0n) is 14.4. The van der Waals surface area contributed by atoms with Crippen LogP contribution in [0.25, 0.3) is 0 Å². The van der Waals surface area contributed by atoms with Crippen LogP contribution in [0.4, 0.5) is 0 Å². The second-order valence-corrected chi connectivity index (χ2v) is 8.86. The summed E-state index contributed by atoms with van der Waals surface area (Å²) in [5.74, 6) is 1.90. The third-order valence-electron chi connectivity index (χ3n) is 5.13. The summed E-state index contributed by atoms with van der Waals surface area (Å²) in [5, 5.41) is 10.3. The Bertz CT molecular complexity index is 645. The minimum atomic E-state index is -0.921. The second-order valence-electron chi connectivity index (χ2n) is 7.23. The quantitative estimate of drug-likeness (QED) is 0.800. The summed E-state index contributed by atoms with van der Waals surface area (Å²) < 4.78 is 13.9. The third kappa shape index (κ3) is 4.16. The Morgan fingerprint density at radius 1 is 1.33 bits per heavy atom. The van der Waals surface area contributed by atoms with Crippen molar-refractivity contribution in [2.24, 2.45) is 5.92 Å². The van der Waals surface area contributed by atoms with Gasteiger partial charge < -0.3 is 9.67 Å². The van der Waals surface area contributed by atoms with Crippen LogP contribution in [0, 0.1) is 5.92 Å². The molecule has 0 aliphatic carbocycles. The first-order chi connectivity index (χ1) is 11.6. The molecule has 1 aromatic heterocycles. The van der Waals surface area contributed by atoms with Gasteiger partial charge in [0, 0.05) is 60.4 Å².